The molecule has 0 aliphatic carbocycles. The van der Waals surface area contributed by atoms with Crippen LogP contribution in [0.1, 0.15) is 45.2 Å². The zero-order valence-electron chi connectivity index (χ0n) is 15.4. The second kappa shape index (κ2) is 8.39. The molecule has 1 saturated heterocycles. The van der Waals surface area contributed by atoms with Crippen LogP contribution in [0.5, 0.6) is 0 Å². The molecule has 0 amide bonds. The van der Waals surface area contributed by atoms with E-state index in [4.69, 9.17) is 9.72 Å². The van der Waals surface area contributed by atoms with E-state index < -0.39 is 0 Å². The van der Waals surface area contributed by atoms with Gasteiger partial charge in [-0.25, -0.2) is 9.97 Å². The number of hydrogen-bond acceptors (Lipinski definition) is 5. The fourth-order valence-corrected chi connectivity index (χ4v) is 3.58. The largest absolute Gasteiger partial charge is 0.378 e. The van der Waals surface area contributed by atoms with E-state index in [0.717, 1.165) is 42.3 Å². The monoisotopic (exact) mass is 340 g/mol. The molecule has 3 heterocycles. The molecule has 5 nitrogen and oxygen atoms in total. The summed E-state index contributed by atoms with van der Waals surface area (Å²) in [6, 6.07) is 6.31. The molecule has 1 aliphatic rings. The first-order chi connectivity index (χ1) is 12.2. The highest BCUT2D eigenvalue weighted by atomic mass is 16.5. The van der Waals surface area contributed by atoms with E-state index in [9.17, 15) is 0 Å². The van der Waals surface area contributed by atoms with Gasteiger partial charge in [0.25, 0.3) is 0 Å². The van der Waals surface area contributed by atoms with Crippen molar-refractivity contribution in [3.8, 4) is 11.4 Å². The number of aromatic nitrogens is 3. The minimum Gasteiger partial charge on any atom is -0.378 e. The summed E-state index contributed by atoms with van der Waals surface area (Å²) < 4.78 is 6.03. The summed E-state index contributed by atoms with van der Waals surface area (Å²) in [5.41, 5.74) is 1.90. The maximum atomic E-state index is 6.03. The Morgan fingerprint density at radius 3 is 2.84 bits per heavy atom. The first-order valence-corrected chi connectivity index (χ1v) is 9.33. The van der Waals surface area contributed by atoms with Gasteiger partial charge in [0.2, 0.25) is 0 Å². The highest BCUT2D eigenvalue weighted by Gasteiger charge is 2.27. The number of aryl methyl sites for hydroxylation is 1. The van der Waals surface area contributed by atoms with Crippen molar-refractivity contribution in [2.75, 3.05) is 11.9 Å². The summed E-state index contributed by atoms with van der Waals surface area (Å²) in [6.45, 7) is 7.33. The van der Waals surface area contributed by atoms with Crippen LogP contribution in [0.2, 0.25) is 0 Å². The molecule has 2 aromatic rings. The van der Waals surface area contributed by atoms with Crippen LogP contribution >= 0.6 is 0 Å². The average molecular weight is 340 g/mol. The van der Waals surface area contributed by atoms with Crippen molar-refractivity contribution in [3.63, 3.8) is 0 Å². The molecular weight excluding hydrogens is 312 g/mol. The fourth-order valence-electron chi connectivity index (χ4n) is 3.58. The lowest BCUT2D eigenvalue weighted by molar-refractivity contribution is -0.0271. The van der Waals surface area contributed by atoms with E-state index in [1.165, 1.54) is 12.8 Å². The molecule has 5 heteroatoms. The molecule has 1 aliphatic heterocycles. The van der Waals surface area contributed by atoms with Crippen LogP contribution in [0.15, 0.2) is 30.6 Å². The Kier molecular flexibility index (Phi) is 5.97. The second-order valence-electron chi connectivity index (χ2n) is 6.81. The molecule has 0 aromatic carbocycles. The Balaban J connectivity index is 1.73. The summed E-state index contributed by atoms with van der Waals surface area (Å²) in [7, 11) is 0. The predicted octanol–water partition coefficient (Wildman–Crippen LogP) is 4.24. The van der Waals surface area contributed by atoms with Gasteiger partial charge in [0.1, 0.15) is 5.82 Å². The summed E-state index contributed by atoms with van der Waals surface area (Å²) in [6.07, 6.45) is 8.31. The number of nitrogens with one attached hydrogen (secondary N) is 1. The Morgan fingerprint density at radius 1 is 1.28 bits per heavy atom. The topological polar surface area (TPSA) is 59.9 Å². The van der Waals surface area contributed by atoms with E-state index in [0.29, 0.717) is 18.1 Å². The summed E-state index contributed by atoms with van der Waals surface area (Å²) in [5.74, 6) is 2.25. The van der Waals surface area contributed by atoms with Crippen LogP contribution < -0.4 is 5.32 Å². The SMILES string of the molecule is CCC(CC)C1CC(Nc2cc(C)nc(-c3cccnc3)n2)CCO1. The molecule has 2 atom stereocenters. The van der Waals surface area contributed by atoms with E-state index in [2.05, 4.69) is 29.1 Å². The van der Waals surface area contributed by atoms with E-state index in [-0.39, 0.29) is 0 Å². The average Bonchev–Trinajstić information content (AvgIpc) is 2.63. The van der Waals surface area contributed by atoms with Crippen LogP contribution in [0.25, 0.3) is 11.4 Å². The number of pyridine rings is 1. The lowest BCUT2D eigenvalue weighted by Gasteiger charge is -2.34. The van der Waals surface area contributed by atoms with Gasteiger partial charge in [-0.05, 0) is 37.8 Å². The first kappa shape index (κ1) is 17.8. The van der Waals surface area contributed by atoms with Crippen LogP contribution in [0.3, 0.4) is 0 Å². The maximum Gasteiger partial charge on any atom is 0.163 e. The van der Waals surface area contributed by atoms with E-state index >= 15 is 0 Å². The summed E-state index contributed by atoms with van der Waals surface area (Å²) in [5, 5.41) is 3.61. The van der Waals surface area contributed by atoms with Crippen LogP contribution in [0, 0.1) is 12.8 Å². The first-order valence-electron chi connectivity index (χ1n) is 9.33. The van der Waals surface area contributed by atoms with Gasteiger partial charge in [-0.2, -0.15) is 0 Å². The van der Waals surface area contributed by atoms with Crippen molar-refractivity contribution in [1.29, 1.82) is 0 Å². The molecular formula is C20H28N4O. The minimum absolute atomic E-state index is 0.349. The maximum absolute atomic E-state index is 6.03. The van der Waals surface area contributed by atoms with E-state index in [1.54, 1.807) is 12.4 Å². The van der Waals surface area contributed by atoms with Crippen molar-refractivity contribution >= 4 is 5.82 Å². The van der Waals surface area contributed by atoms with Crippen molar-refractivity contribution in [3.05, 3.63) is 36.3 Å². The number of rotatable bonds is 6. The van der Waals surface area contributed by atoms with Crippen molar-refractivity contribution in [1.82, 2.24) is 15.0 Å². The summed E-state index contributed by atoms with van der Waals surface area (Å²) in [4.78, 5) is 13.4. The molecule has 1 fully saturated rings. The molecule has 1 N–H and O–H groups in total. The molecule has 2 aromatic heterocycles. The van der Waals surface area contributed by atoms with Gasteiger partial charge >= 0.3 is 0 Å². The van der Waals surface area contributed by atoms with Gasteiger partial charge in [0.05, 0.1) is 6.10 Å². The fraction of sp³-hybridized carbons (Fsp3) is 0.550. The lowest BCUT2D eigenvalue weighted by Crippen LogP contribution is -2.38. The van der Waals surface area contributed by atoms with Crippen LogP contribution in [-0.2, 0) is 4.74 Å². The highest BCUT2D eigenvalue weighted by Crippen LogP contribution is 2.27. The molecule has 0 spiro atoms. The highest BCUT2D eigenvalue weighted by molar-refractivity contribution is 5.56. The molecule has 3 rings (SSSR count). The molecule has 25 heavy (non-hydrogen) atoms. The molecule has 0 bridgehead atoms. The van der Waals surface area contributed by atoms with Gasteiger partial charge in [-0.15, -0.1) is 0 Å². The Labute approximate surface area is 150 Å². The van der Waals surface area contributed by atoms with Crippen LogP contribution in [0.4, 0.5) is 5.82 Å². The number of anilines is 1. The third kappa shape index (κ3) is 4.54. The normalized spacial score (nSPS) is 20.6. The van der Waals surface area contributed by atoms with Gasteiger partial charge in [-0.1, -0.05) is 26.7 Å². The zero-order chi connectivity index (χ0) is 17.6. The zero-order valence-corrected chi connectivity index (χ0v) is 15.4. The summed E-state index contributed by atoms with van der Waals surface area (Å²) >= 11 is 0. The number of nitrogens with zero attached hydrogens (tertiary/aromatic N) is 3. The van der Waals surface area contributed by atoms with Gasteiger partial charge in [-0.3, -0.25) is 4.98 Å². The minimum atomic E-state index is 0.349. The predicted molar refractivity (Wildman–Crippen MR) is 100 cm³/mol. The molecule has 134 valence electrons. The Bertz CT molecular complexity index is 673. The Hall–Kier alpha value is -2.01. The molecule has 0 radical (unpaired) electrons. The van der Waals surface area contributed by atoms with Gasteiger partial charge in [0.15, 0.2) is 5.82 Å². The smallest absolute Gasteiger partial charge is 0.163 e. The van der Waals surface area contributed by atoms with Crippen molar-refractivity contribution in [2.45, 2.75) is 58.6 Å². The van der Waals surface area contributed by atoms with Crippen molar-refractivity contribution in [2.24, 2.45) is 5.92 Å². The van der Waals surface area contributed by atoms with Gasteiger partial charge in [0, 0.05) is 42.4 Å². The van der Waals surface area contributed by atoms with E-state index in [1.807, 2.05) is 25.1 Å². The van der Waals surface area contributed by atoms with Crippen LogP contribution in [-0.4, -0.2) is 33.7 Å². The second-order valence-corrected chi connectivity index (χ2v) is 6.81. The van der Waals surface area contributed by atoms with Gasteiger partial charge < -0.3 is 10.1 Å². The Morgan fingerprint density at radius 2 is 2.12 bits per heavy atom. The molecule has 0 saturated carbocycles. The third-order valence-corrected chi connectivity index (χ3v) is 5.02. The van der Waals surface area contributed by atoms with Crippen molar-refractivity contribution < 1.29 is 4.74 Å². The quantitative estimate of drug-likeness (QED) is 0.852. The number of hydrogen-bond donors (Lipinski definition) is 1. The number of ether oxygens (including phenoxy) is 1. The standard InChI is InChI=1S/C20H28N4O/c1-4-15(5-2)18-12-17(8-10-25-18)23-19-11-14(3)22-20(24-19)16-7-6-9-21-13-16/h6-7,9,11,13,15,17-18H,4-5,8,10,12H2,1-3H3,(H,22,23,24). The third-order valence-electron chi connectivity index (χ3n) is 5.02. The molecule has 2 unspecified atom stereocenters. The lowest BCUT2D eigenvalue weighted by atomic mass is 9.89.